The fraction of sp³-hybridized carbons (Fsp3) is 0.964. The summed E-state index contributed by atoms with van der Waals surface area (Å²) in [5.74, 6) is 4.48. The lowest BCUT2D eigenvalue weighted by molar-refractivity contribution is -0.161. The molecule has 5 rings (SSSR count). The predicted octanol–water partition coefficient (Wildman–Crippen LogP) is 5.62. The van der Waals surface area contributed by atoms with Crippen LogP contribution in [-0.4, -0.2) is 58.1 Å². The third kappa shape index (κ3) is 3.34. The molecule has 1 amide bonds. The second kappa shape index (κ2) is 8.40. The zero-order valence-electron chi connectivity index (χ0n) is 21.9. The molecule has 10 atom stereocenters. The lowest BCUT2D eigenvalue weighted by Crippen LogP contribution is -2.57. The van der Waals surface area contributed by atoms with Crippen LogP contribution in [0.4, 0.5) is 4.79 Å². The van der Waals surface area contributed by atoms with Gasteiger partial charge in [0.15, 0.2) is 0 Å². The summed E-state index contributed by atoms with van der Waals surface area (Å²) >= 11 is 0. The summed E-state index contributed by atoms with van der Waals surface area (Å²) in [6, 6.07) is 0. The van der Waals surface area contributed by atoms with Gasteiger partial charge in [0.2, 0.25) is 0 Å². The molecule has 0 saturated heterocycles. The van der Waals surface area contributed by atoms with Crippen LogP contribution in [0, 0.1) is 51.8 Å². The standard InChI is InChI=1S/C28H47NO4/c1-18(17-33-25(30)29(4)13-14-31-5)21-7-8-22-20-15-24(32-6)28-16-19(28)9-12-27(28,3)23(20)10-11-26(21,22)2/h18-24H,7-17H2,1-6H3/t18-,19?,20+,21-,22+,23+,24?,26-,27-,28+/m1/s1. The van der Waals surface area contributed by atoms with Crippen LogP contribution >= 0.6 is 0 Å². The van der Waals surface area contributed by atoms with E-state index in [2.05, 4.69) is 20.8 Å². The van der Waals surface area contributed by atoms with Crippen LogP contribution in [0.25, 0.3) is 0 Å². The van der Waals surface area contributed by atoms with Crippen molar-refractivity contribution in [2.24, 2.45) is 51.8 Å². The molecule has 0 aromatic rings. The Hall–Kier alpha value is -0.810. The van der Waals surface area contributed by atoms with Crippen molar-refractivity contribution in [1.82, 2.24) is 4.90 Å². The molecule has 5 saturated carbocycles. The molecule has 0 bridgehead atoms. The first-order chi connectivity index (χ1) is 15.7. The molecule has 0 aromatic carbocycles. The SMILES string of the molecule is COCCN(C)C(=O)OC[C@@H](C)[C@H]1CC[C@H]2[C@@H]3CC(OC)[C@]45CC4CC[C@]5(C)[C@H]3CC[C@]12C. The number of hydrogen-bond donors (Lipinski definition) is 0. The van der Waals surface area contributed by atoms with E-state index in [9.17, 15) is 4.79 Å². The third-order valence-corrected chi connectivity index (χ3v) is 12.0. The van der Waals surface area contributed by atoms with E-state index in [1.165, 1.54) is 51.4 Å². The van der Waals surface area contributed by atoms with Gasteiger partial charge in [0.05, 0.1) is 19.3 Å². The molecule has 188 valence electrons. The number of amides is 1. The quantitative estimate of drug-likeness (QED) is 0.494. The Bertz CT molecular complexity index is 758. The number of ether oxygens (including phenoxy) is 3. The molecular weight excluding hydrogens is 414 g/mol. The summed E-state index contributed by atoms with van der Waals surface area (Å²) in [6.45, 7) is 9.18. The maximum atomic E-state index is 12.4. The highest BCUT2D eigenvalue weighted by Gasteiger charge is 2.77. The molecule has 0 radical (unpaired) electrons. The lowest BCUT2D eigenvalue weighted by Gasteiger charge is -2.61. The molecular formula is C28H47NO4. The molecule has 5 heteroatoms. The average Bonchev–Trinajstić information content (AvgIpc) is 3.31. The van der Waals surface area contributed by atoms with Gasteiger partial charge in [-0.2, -0.15) is 0 Å². The maximum absolute atomic E-state index is 12.4. The van der Waals surface area contributed by atoms with Crippen molar-refractivity contribution in [2.45, 2.75) is 78.2 Å². The molecule has 5 nitrogen and oxygen atoms in total. The highest BCUT2D eigenvalue weighted by Crippen LogP contribution is 2.82. The molecule has 0 heterocycles. The smallest absolute Gasteiger partial charge is 0.409 e. The molecule has 5 aliphatic rings. The maximum Gasteiger partial charge on any atom is 0.409 e. The monoisotopic (exact) mass is 461 g/mol. The molecule has 0 N–H and O–H groups in total. The van der Waals surface area contributed by atoms with E-state index < -0.39 is 0 Å². The summed E-state index contributed by atoms with van der Waals surface area (Å²) in [6.07, 6.45) is 11.2. The summed E-state index contributed by atoms with van der Waals surface area (Å²) in [5, 5.41) is 0. The van der Waals surface area contributed by atoms with Crippen molar-refractivity contribution in [1.29, 1.82) is 0 Å². The minimum Gasteiger partial charge on any atom is -0.449 e. The van der Waals surface area contributed by atoms with Crippen molar-refractivity contribution in [3.63, 3.8) is 0 Å². The zero-order chi connectivity index (χ0) is 23.6. The van der Waals surface area contributed by atoms with Gasteiger partial charge in [-0.3, -0.25) is 0 Å². The Kier molecular flexibility index (Phi) is 6.08. The van der Waals surface area contributed by atoms with Gasteiger partial charge in [0, 0.05) is 33.2 Å². The van der Waals surface area contributed by atoms with E-state index >= 15 is 0 Å². The number of carbonyl (C=O) groups is 1. The highest BCUT2D eigenvalue weighted by atomic mass is 16.6. The molecule has 1 spiro atoms. The van der Waals surface area contributed by atoms with Crippen molar-refractivity contribution in [3.05, 3.63) is 0 Å². The number of methoxy groups -OCH3 is 2. The normalized spacial score (nSPS) is 48.3. The van der Waals surface area contributed by atoms with Crippen LogP contribution in [-0.2, 0) is 14.2 Å². The highest BCUT2D eigenvalue weighted by molar-refractivity contribution is 5.67. The van der Waals surface area contributed by atoms with Crippen LogP contribution in [0.5, 0.6) is 0 Å². The first-order valence-electron chi connectivity index (χ1n) is 13.6. The fourth-order valence-corrected chi connectivity index (χ4v) is 10.3. The van der Waals surface area contributed by atoms with Crippen molar-refractivity contribution < 1.29 is 19.0 Å². The summed E-state index contributed by atoms with van der Waals surface area (Å²) in [4.78, 5) is 14.0. The topological polar surface area (TPSA) is 48.0 Å². The predicted molar refractivity (Wildman–Crippen MR) is 129 cm³/mol. The Morgan fingerprint density at radius 3 is 2.58 bits per heavy atom. The number of rotatable bonds is 7. The Labute approximate surface area is 201 Å². The Balaban J connectivity index is 1.27. The first-order valence-corrected chi connectivity index (χ1v) is 13.6. The van der Waals surface area contributed by atoms with E-state index in [0.717, 1.165) is 23.7 Å². The average molecular weight is 462 g/mol. The van der Waals surface area contributed by atoms with Crippen LogP contribution in [0.1, 0.15) is 72.1 Å². The first kappa shape index (κ1) is 23.9. The van der Waals surface area contributed by atoms with E-state index in [1.54, 1.807) is 19.1 Å². The summed E-state index contributed by atoms with van der Waals surface area (Å²) in [5.41, 5.74) is 1.37. The van der Waals surface area contributed by atoms with Gasteiger partial charge < -0.3 is 19.1 Å². The second-order valence-electron chi connectivity index (χ2n) is 12.9. The van der Waals surface area contributed by atoms with Gasteiger partial charge >= 0.3 is 6.09 Å². The lowest BCUT2D eigenvalue weighted by atomic mass is 9.45. The van der Waals surface area contributed by atoms with Crippen molar-refractivity contribution >= 4 is 6.09 Å². The molecule has 2 unspecified atom stereocenters. The van der Waals surface area contributed by atoms with Crippen molar-refractivity contribution in [2.75, 3.05) is 41.0 Å². The minimum absolute atomic E-state index is 0.226. The zero-order valence-corrected chi connectivity index (χ0v) is 21.9. The van der Waals surface area contributed by atoms with Gasteiger partial charge in [0.25, 0.3) is 0 Å². The summed E-state index contributed by atoms with van der Waals surface area (Å²) in [7, 11) is 5.42. The number of nitrogens with zero attached hydrogens (tertiary/aromatic N) is 1. The van der Waals surface area contributed by atoms with Gasteiger partial charge in [-0.05, 0) is 97.7 Å². The number of fused-ring (bicyclic) bond motifs is 4. The van der Waals surface area contributed by atoms with Crippen LogP contribution in [0.2, 0.25) is 0 Å². The van der Waals surface area contributed by atoms with E-state index in [4.69, 9.17) is 14.2 Å². The molecule has 0 aliphatic heterocycles. The van der Waals surface area contributed by atoms with Gasteiger partial charge in [-0.1, -0.05) is 20.8 Å². The van der Waals surface area contributed by atoms with Crippen LogP contribution < -0.4 is 0 Å². The molecule has 0 aromatic heterocycles. The number of carbonyl (C=O) groups excluding carboxylic acids is 1. The Morgan fingerprint density at radius 1 is 1.09 bits per heavy atom. The fourth-order valence-electron chi connectivity index (χ4n) is 10.3. The summed E-state index contributed by atoms with van der Waals surface area (Å²) < 4.78 is 17.1. The Morgan fingerprint density at radius 2 is 1.88 bits per heavy atom. The van der Waals surface area contributed by atoms with Gasteiger partial charge in [-0.15, -0.1) is 0 Å². The number of hydrogen-bond acceptors (Lipinski definition) is 4. The second-order valence-corrected chi connectivity index (χ2v) is 12.9. The van der Waals surface area contributed by atoms with Crippen molar-refractivity contribution in [3.8, 4) is 0 Å². The van der Waals surface area contributed by atoms with Crippen LogP contribution in [0.15, 0.2) is 0 Å². The van der Waals surface area contributed by atoms with E-state index in [0.29, 0.717) is 53.9 Å². The molecule has 33 heavy (non-hydrogen) atoms. The number of likely N-dealkylation sites (N-methyl/N-ethyl adjacent to an activating group) is 1. The largest absolute Gasteiger partial charge is 0.449 e. The van der Waals surface area contributed by atoms with Gasteiger partial charge in [0.1, 0.15) is 0 Å². The van der Waals surface area contributed by atoms with E-state index in [1.807, 2.05) is 7.11 Å². The minimum atomic E-state index is -0.226. The van der Waals surface area contributed by atoms with E-state index in [-0.39, 0.29) is 6.09 Å². The molecule has 5 aliphatic carbocycles. The van der Waals surface area contributed by atoms with Gasteiger partial charge in [-0.25, -0.2) is 4.79 Å². The molecule has 5 fully saturated rings. The third-order valence-electron chi connectivity index (χ3n) is 12.0. The van der Waals surface area contributed by atoms with Crippen LogP contribution in [0.3, 0.4) is 0 Å².